The maximum atomic E-state index is 13.1. The predicted molar refractivity (Wildman–Crippen MR) is 346 cm³/mol. The van der Waals surface area contributed by atoms with E-state index in [1.165, 1.54) is 46.5 Å². The molecule has 4 aromatic rings. The van der Waals surface area contributed by atoms with Crippen molar-refractivity contribution in [3.8, 4) is 0 Å². The van der Waals surface area contributed by atoms with Crippen molar-refractivity contribution >= 4 is 30.0 Å². The number of methoxy groups -OCH3 is 2. The second-order valence-electron chi connectivity index (χ2n) is 24.9. The molecule has 31 heteroatoms. The molecule has 504 valence electrons. The lowest BCUT2D eigenvalue weighted by Crippen LogP contribution is -2.44. The van der Waals surface area contributed by atoms with E-state index < -0.39 is 125 Å². The van der Waals surface area contributed by atoms with Gasteiger partial charge in [0.15, 0.2) is 18.7 Å². The molecule has 6 heterocycles. The van der Waals surface area contributed by atoms with Gasteiger partial charge in [0.05, 0.1) is 46.3 Å². The highest BCUT2D eigenvalue weighted by molar-refractivity contribution is 7.62. The van der Waals surface area contributed by atoms with Gasteiger partial charge in [-0.1, -0.05) is 37.3 Å². The van der Waals surface area contributed by atoms with Gasteiger partial charge in [-0.25, -0.2) is 30.2 Å². The lowest BCUT2D eigenvalue weighted by atomic mass is 9.99. The molecule has 0 amide bonds. The second-order valence-corrected chi connectivity index (χ2v) is 37.1. The monoisotopic (exact) mass is 1340 g/mol. The fourth-order valence-corrected chi connectivity index (χ4v) is 14.9. The van der Waals surface area contributed by atoms with Gasteiger partial charge in [0.1, 0.15) is 43.9 Å². The first kappa shape index (κ1) is 76.1. The lowest BCUT2D eigenvalue weighted by Gasteiger charge is -2.38. The van der Waals surface area contributed by atoms with Crippen molar-refractivity contribution in [2.45, 2.75) is 168 Å². The fraction of sp³-hybridized carbons (Fsp3) is 0.678. The third kappa shape index (κ3) is 21.0. The van der Waals surface area contributed by atoms with Crippen molar-refractivity contribution in [1.29, 1.82) is 0 Å². The number of benzene rings is 1. The Hall–Kier alpha value is -4.57. The minimum atomic E-state index is -2.36. The highest BCUT2D eigenvalue weighted by Gasteiger charge is 2.50. The van der Waals surface area contributed by atoms with Crippen LogP contribution in [0.1, 0.15) is 94.8 Å². The number of ether oxygens (including phenoxy) is 6. The minimum Gasteiger partial charge on any atom is -0.388 e. The molecule has 1 unspecified atom stereocenters. The summed E-state index contributed by atoms with van der Waals surface area (Å²) in [4.78, 5) is 81.6. The van der Waals surface area contributed by atoms with E-state index in [-0.39, 0.29) is 50.6 Å². The van der Waals surface area contributed by atoms with E-state index >= 15 is 0 Å². The summed E-state index contributed by atoms with van der Waals surface area (Å²) in [6.45, 7) is 32.6. The summed E-state index contributed by atoms with van der Waals surface area (Å²) in [7, 11) is -5.50. The maximum Gasteiger partial charge on any atom is 0.335 e. The maximum absolute atomic E-state index is 13.1. The van der Waals surface area contributed by atoms with Crippen molar-refractivity contribution in [1.82, 2.24) is 32.9 Å². The third-order valence-corrected chi connectivity index (χ3v) is 21.5. The van der Waals surface area contributed by atoms with Crippen molar-refractivity contribution in [3.63, 3.8) is 0 Å². The van der Waals surface area contributed by atoms with E-state index in [1.54, 1.807) is 60.8 Å². The highest BCUT2D eigenvalue weighted by atomic mass is 31.2. The summed E-state index contributed by atoms with van der Waals surface area (Å²) in [5.41, 5.74) is -1.22. The Morgan fingerprint density at radius 3 is 1.61 bits per heavy atom. The number of aliphatic hydroxyl groups excluding tert-OH is 2. The normalized spacial score (nSPS) is 24.8. The SMILES string of the molecule is CO[C@@H]1[C@H](O)[C@@H](CCP(C)(C)=O)O[C@H]1n1cc(C)c(=O)[nH]c1=O.Cc1cn([C@@H]2O[C@H](CCP(C)(C)=O)[C@@H](C)[C@H]2O)c(=O)n(COCc2ccccc2)c1=O.[C-]#[N+]CCOP(O[C@H]1[C@@H](OC)[C@H](n2cc(C)c(=O)[nH]c2=O)O[C@@H]1CCP(C)(C)=O)N(C(C)C)C(C)C. The van der Waals surface area contributed by atoms with Crippen LogP contribution in [0.3, 0.4) is 0 Å². The van der Waals surface area contributed by atoms with E-state index in [0.29, 0.717) is 54.4 Å². The third-order valence-electron chi connectivity index (χ3n) is 15.4. The van der Waals surface area contributed by atoms with E-state index in [2.05, 4.69) is 19.5 Å². The van der Waals surface area contributed by atoms with Crippen LogP contribution in [0.15, 0.2) is 77.7 Å². The molecule has 0 aliphatic carbocycles. The molecule has 0 radical (unpaired) electrons. The first-order valence-electron chi connectivity index (χ1n) is 29.8. The topological polar surface area (TPSA) is 327 Å². The molecule has 3 aliphatic rings. The molecular weight excluding hydrogens is 1250 g/mol. The molecule has 13 atom stereocenters. The number of aromatic nitrogens is 6. The predicted octanol–water partition coefficient (Wildman–Crippen LogP) is 5.97. The molecule has 7 rings (SSSR count). The molecule has 0 bridgehead atoms. The van der Waals surface area contributed by atoms with Crippen LogP contribution in [0.25, 0.3) is 4.85 Å². The van der Waals surface area contributed by atoms with Gasteiger partial charge in [-0.2, -0.15) is 0 Å². The van der Waals surface area contributed by atoms with Crippen LogP contribution in [0.2, 0.25) is 0 Å². The second kappa shape index (κ2) is 33.5. The molecule has 4 N–H and O–H groups in total. The quantitative estimate of drug-likeness (QED) is 0.0320. The van der Waals surface area contributed by atoms with Gasteiger partial charge in [-0.3, -0.25) is 38.1 Å². The molecular formula is C59H94N8O19P4. The number of aryl methyl sites for hydroxylation is 3. The zero-order chi connectivity index (χ0) is 67.3. The number of hydrogen-bond donors (Lipinski definition) is 4. The molecule has 3 aromatic heterocycles. The van der Waals surface area contributed by atoms with Crippen LogP contribution in [0, 0.1) is 33.3 Å². The Morgan fingerprint density at radius 1 is 0.656 bits per heavy atom. The van der Waals surface area contributed by atoms with Gasteiger partial charge >= 0.3 is 17.1 Å². The standard InChI is InChI=1S/C23H40N4O7P2.C22H31N2O6P.C14H23N2O6P/c1-15(2)27(16(3)4)35(32-12-11-24-6)34-19-18(10-13-36(8,9)30)33-22(20(19)31-7)26-14-17(5)21(28)25-23(26)29;1-15-12-23(21-19(25)16(2)18(30-21)10-11-31(3,4)28)22(27)24(20(15)26)14-29-13-17-8-6-5-7-9-17;1-8-7-16(14(19)15-12(8)18)13-11(21-2)10(17)9(22-13)5-6-23(3,4)20/h14-16,18-20,22H,10-13H2,1-5,7-9H3,(H,25,28,29);5-9,12,16,18-19,21,25H,10-11,13-14H2,1-4H3;7,9-11,13,17H,5-6H2,1-4H3,(H,15,18,19)/t18-,19-,20-,22-,35?;16-,18-,19-,21-;9-,10-,11-,13-/m111/s1. The van der Waals surface area contributed by atoms with Gasteiger partial charge in [0.2, 0.25) is 6.54 Å². The van der Waals surface area contributed by atoms with Crippen molar-refractivity contribution < 1.29 is 61.4 Å². The number of hydrogen-bond acceptors (Lipinski definition) is 20. The number of H-pyrrole nitrogens is 2. The average molecular weight is 1340 g/mol. The first-order valence-corrected chi connectivity index (χ1v) is 39.3. The van der Waals surface area contributed by atoms with Gasteiger partial charge in [0.25, 0.3) is 25.2 Å². The van der Waals surface area contributed by atoms with Gasteiger partial charge in [-0.05, 0) is 113 Å². The molecule has 0 saturated carbocycles. The highest BCUT2D eigenvalue weighted by Crippen LogP contribution is 2.51. The Morgan fingerprint density at radius 2 is 1.12 bits per heavy atom. The van der Waals surface area contributed by atoms with Crippen molar-refractivity contribution in [2.75, 3.05) is 85.8 Å². The van der Waals surface area contributed by atoms with Crippen LogP contribution >= 0.6 is 30.0 Å². The number of aliphatic hydroxyl groups is 2. The van der Waals surface area contributed by atoms with Crippen LogP contribution in [0.4, 0.5) is 0 Å². The summed E-state index contributed by atoms with van der Waals surface area (Å²) in [6, 6.07) is 9.65. The number of aromatic amines is 2. The zero-order valence-electron chi connectivity index (χ0n) is 54.6. The number of nitrogens with zero attached hydrogens (tertiary/aromatic N) is 6. The fourth-order valence-electron chi connectivity index (χ4n) is 10.5. The van der Waals surface area contributed by atoms with E-state index in [9.17, 15) is 52.7 Å². The smallest absolute Gasteiger partial charge is 0.335 e. The molecule has 3 aliphatic heterocycles. The van der Waals surface area contributed by atoms with E-state index in [0.717, 1.165) is 10.1 Å². The van der Waals surface area contributed by atoms with Crippen LogP contribution in [-0.2, 0) is 64.5 Å². The molecule has 27 nitrogen and oxygen atoms in total. The summed E-state index contributed by atoms with van der Waals surface area (Å²) < 4.78 is 90.9. The molecule has 1 aromatic carbocycles. The average Bonchev–Trinajstić information content (AvgIpc) is 1.61. The summed E-state index contributed by atoms with van der Waals surface area (Å²) in [5.74, 6) is -0.238. The van der Waals surface area contributed by atoms with E-state index in [4.69, 9.17) is 44.0 Å². The summed E-state index contributed by atoms with van der Waals surface area (Å²) >= 11 is 0. The molecule has 3 fully saturated rings. The zero-order valence-corrected chi connectivity index (χ0v) is 58.2. The Bertz CT molecular complexity index is 3560. The molecule has 3 saturated heterocycles. The Labute approximate surface area is 526 Å². The van der Waals surface area contributed by atoms with Gasteiger partial charge < -0.3 is 66.2 Å². The Balaban J connectivity index is 0.000000251. The number of nitrogens with one attached hydrogen (secondary N) is 2. The largest absolute Gasteiger partial charge is 0.388 e. The lowest BCUT2D eigenvalue weighted by molar-refractivity contribution is -0.0542. The van der Waals surface area contributed by atoms with Crippen LogP contribution in [0.5, 0.6) is 0 Å². The minimum absolute atomic E-state index is 0.0950. The summed E-state index contributed by atoms with van der Waals surface area (Å²) in [5, 5.41) is 21.1. The van der Waals surface area contributed by atoms with Crippen LogP contribution < -0.4 is 33.7 Å². The molecule has 90 heavy (non-hydrogen) atoms. The number of rotatable bonds is 26. The van der Waals surface area contributed by atoms with E-state index in [1.807, 2.05) is 65.0 Å². The van der Waals surface area contributed by atoms with Crippen molar-refractivity contribution in [3.05, 3.63) is 145 Å². The van der Waals surface area contributed by atoms with Gasteiger partial charge in [-0.15, -0.1) is 0 Å². The Kier molecular flexibility index (Phi) is 28.4. The first-order chi connectivity index (χ1) is 42.0. The van der Waals surface area contributed by atoms with Gasteiger partial charge in [0, 0.05) is 86.0 Å². The molecule has 0 spiro atoms. The van der Waals surface area contributed by atoms with Crippen molar-refractivity contribution in [2.24, 2.45) is 5.92 Å². The van der Waals surface area contributed by atoms with Crippen LogP contribution in [-0.4, -0.2) is 190 Å². The summed E-state index contributed by atoms with van der Waals surface area (Å²) in [6.07, 6.45) is -1.09.